The summed E-state index contributed by atoms with van der Waals surface area (Å²) in [6, 6.07) is 12.1. The zero-order chi connectivity index (χ0) is 23.5. The number of phenolic OH excluding ortho intramolecular Hbond substituents is 1. The third kappa shape index (κ3) is 4.75. The van der Waals surface area contributed by atoms with E-state index in [-0.39, 0.29) is 46.2 Å². The van der Waals surface area contributed by atoms with E-state index in [9.17, 15) is 18.3 Å². The van der Waals surface area contributed by atoms with Crippen LogP contribution in [0.2, 0.25) is 10.0 Å². The molecular formula is C22H27Cl2N3O4S. The molecule has 2 aromatic carbocycles. The Kier molecular flexibility index (Phi) is 7.73. The van der Waals surface area contributed by atoms with Gasteiger partial charge in [0, 0.05) is 19.6 Å². The van der Waals surface area contributed by atoms with Gasteiger partial charge in [-0.2, -0.15) is 4.31 Å². The van der Waals surface area contributed by atoms with E-state index in [1.54, 1.807) is 0 Å². The Balaban J connectivity index is 0.00000141. The first-order valence-corrected chi connectivity index (χ1v) is 12.7. The lowest BCUT2D eigenvalue weighted by molar-refractivity contribution is -0.132. The maximum absolute atomic E-state index is 13.1. The molecule has 2 heterocycles. The van der Waals surface area contributed by atoms with E-state index in [2.05, 4.69) is 5.32 Å². The Bertz CT molecular complexity index is 1050. The molecular weight excluding hydrogens is 473 g/mol. The molecule has 0 aromatic heterocycles. The van der Waals surface area contributed by atoms with Crippen LogP contribution in [0.1, 0.15) is 32.3 Å². The summed E-state index contributed by atoms with van der Waals surface area (Å²) in [5.74, 6) is -0.340. The molecule has 1 spiro atoms. The van der Waals surface area contributed by atoms with Crippen molar-refractivity contribution >= 4 is 39.1 Å². The van der Waals surface area contributed by atoms with Crippen LogP contribution in [-0.2, 0) is 21.4 Å². The molecule has 10 heteroatoms. The van der Waals surface area contributed by atoms with Crippen LogP contribution in [-0.4, -0.2) is 53.9 Å². The number of carbonyl (C=O) groups excluding carboxylic acids is 1. The van der Waals surface area contributed by atoms with Crippen LogP contribution >= 0.6 is 23.2 Å². The lowest BCUT2D eigenvalue weighted by atomic mass is 9.96. The molecule has 2 N–H and O–H groups in total. The molecule has 0 aliphatic carbocycles. The van der Waals surface area contributed by atoms with Crippen LogP contribution in [0.4, 0.5) is 0 Å². The van der Waals surface area contributed by atoms with Crippen LogP contribution in [0.15, 0.2) is 47.4 Å². The highest BCUT2D eigenvalue weighted by molar-refractivity contribution is 7.89. The Morgan fingerprint density at radius 2 is 1.62 bits per heavy atom. The average Bonchev–Trinajstić information content (AvgIpc) is 3.09. The maximum atomic E-state index is 13.1. The van der Waals surface area contributed by atoms with E-state index < -0.39 is 15.7 Å². The summed E-state index contributed by atoms with van der Waals surface area (Å²) in [6.07, 6.45) is 0.925. The molecule has 2 aliphatic rings. The number of hydrogen-bond donors (Lipinski definition) is 2. The van der Waals surface area contributed by atoms with Crippen LogP contribution in [0.3, 0.4) is 0 Å². The summed E-state index contributed by atoms with van der Waals surface area (Å²) in [7, 11) is -3.84. The zero-order valence-electron chi connectivity index (χ0n) is 18.0. The van der Waals surface area contributed by atoms with Gasteiger partial charge in [0.05, 0.1) is 27.1 Å². The van der Waals surface area contributed by atoms with E-state index >= 15 is 0 Å². The normalized spacial score (nSPS) is 18.5. The fourth-order valence-corrected chi connectivity index (χ4v) is 6.17. The molecule has 0 bridgehead atoms. The molecule has 1 amide bonds. The summed E-state index contributed by atoms with van der Waals surface area (Å²) in [4.78, 5) is 14.3. The molecule has 0 saturated carbocycles. The van der Waals surface area contributed by atoms with Crippen molar-refractivity contribution in [2.45, 2.75) is 43.8 Å². The number of halogens is 2. The number of nitrogens with zero attached hydrogens (tertiary/aromatic N) is 2. The van der Waals surface area contributed by atoms with Gasteiger partial charge in [-0.05, 0) is 30.5 Å². The first-order valence-electron chi connectivity index (χ1n) is 10.5. The summed E-state index contributed by atoms with van der Waals surface area (Å²) >= 11 is 11.8. The minimum Gasteiger partial charge on any atom is -0.505 e. The van der Waals surface area contributed by atoms with E-state index in [0.717, 1.165) is 5.56 Å². The van der Waals surface area contributed by atoms with Gasteiger partial charge in [0.15, 0.2) is 5.75 Å². The van der Waals surface area contributed by atoms with Crippen molar-refractivity contribution in [2.75, 3.05) is 19.6 Å². The van der Waals surface area contributed by atoms with Crippen molar-refractivity contribution in [3.05, 3.63) is 58.1 Å². The number of hydrogen-bond acceptors (Lipinski definition) is 5. The lowest BCUT2D eigenvalue weighted by Crippen LogP contribution is -2.58. The van der Waals surface area contributed by atoms with E-state index in [0.29, 0.717) is 19.4 Å². The highest BCUT2D eigenvalue weighted by Gasteiger charge is 2.48. The molecule has 4 rings (SSSR count). The van der Waals surface area contributed by atoms with Crippen LogP contribution in [0.25, 0.3) is 0 Å². The minimum absolute atomic E-state index is 0.00672. The molecule has 174 valence electrons. The number of piperidine rings is 1. The molecule has 0 radical (unpaired) electrons. The number of phenols is 1. The quantitative estimate of drug-likeness (QED) is 0.666. The lowest BCUT2D eigenvalue weighted by Gasteiger charge is -2.44. The average molecular weight is 500 g/mol. The second kappa shape index (κ2) is 9.97. The van der Waals surface area contributed by atoms with Crippen LogP contribution < -0.4 is 5.32 Å². The summed E-state index contributed by atoms with van der Waals surface area (Å²) in [5.41, 5.74) is 0.459. The first kappa shape index (κ1) is 24.8. The van der Waals surface area contributed by atoms with Crippen molar-refractivity contribution in [3.8, 4) is 5.75 Å². The fraction of sp³-hybridized carbons (Fsp3) is 0.409. The Hall–Kier alpha value is -1.84. The van der Waals surface area contributed by atoms with E-state index in [1.807, 2.05) is 49.1 Å². The van der Waals surface area contributed by atoms with Gasteiger partial charge in [0.2, 0.25) is 15.9 Å². The smallest absolute Gasteiger partial charge is 0.243 e. The second-order valence-electron chi connectivity index (χ2n) is 7.49. The molecule has 2 aliphatic heterocycles. The first-order chi connectivity index (χ1) is 15.2. The third-order valence-electron chi connectivity index (χ3n) is 5.75. The van der Waals surface area contributed by atoms with Gasteiger partial charge >= 0.3 is 0 Å². The van der Waals surface area contributed by atoms with Gasteiger partial charge in [0.25, 0.3) is 0 Å². The van der Waals surface area contributed by atoms with Crippen molar-refractivity contribution in [2.24, 2.45) is 0 Å². The SMILES string of the molecule is CC.O=C1CNC2(CCN(S(=O)(=O)c3cc(Cl)c(O)c(Cl)c3)CC2)N1Cc1ccccc1. The summed E-state index contributed by atoms with van der Waals surface area (Å²) in [5, 5.41) is 12.8. The number of nitrogens with one attached hydrogen (secondary N) is 1. The Labute approximate surface area is 199 Å². The van der Waals surface area contributed by atoms with Gasteiger partial charge in [0.1, 0.15) is 0 Å². The van der Waals surface area contributed by atoms with Crippen molar-refractivity contribution in [1.82, 2.24) is 14.5 Å². The topological polar surface area (TPSA) is 90.0 Å². The number of rotatable bonds is 4. The molecule has 0 atom stereocenters. The van der Waals surface area contributed by atoms with Gasteiger partial charge < -0.3 is 10.0 Å². The van der Waals surface area contributed by atoms with Gasteiger partial charge in [-0.15, -0.1) is 0 Å². The molecule has 2 fully saturated rings. The van der Waals surface area contributed by atoms with Crippen LogP contribution in [0.5, 0.6) is 5.75 Å². The highest BCUT2D eigenvalue weighted by Crippen LogP contribution is 2.37. The maximum Gasteiger partial charge on any atom is 0.243 e. The Morgan fingerprint density at radius 3 is 2.19 bits per heavy atom. The molecule has 32 heavy (non-hydrogen) atoms. The van der Waals surface area contributed by atoms with Crippen molar-refractivity contribution in [1.29, 1.82) is 0 Å². The van der Waals surface area contributed by atoms with Gasteiger partial charge in [-0.3, -0.25) is 10.1 Å². The zero-order valence-corrected chi connectivity index (χ0v) is 20.3. The minimum atomic E-state index is -3.84. The molecule has 0 unspecified atom stereocenters. The Morgan fingerprint density at radius 1 is 1.06 bits per heavy atom. The predicted molar refractivity (Wildman–Crippen MR) is 125 cm³/mol. The highest BCUT2D eigenvalue weighted by atomic mass is 35.5. The van der Waals surface area contributed by atoms with Gasteiger partial charge in [-0.25, -0.2) is 8.42 Å². The summed E-state index contributed by atoms with van der Waals surface area (Å²) in [6.45, 7) is 5.19. The van der Waals surface area contributed by atoms with Crippen molar-refractivity contribution < 1.29 is 18.3 Å². The van der Waals surface area contributed by atoms with Crippen molar-refractivity contribution in [3.63, 3.8) is 0 Å². The molecule has 7 nitrogen and oxygen atoms in total. The van der Waals surface area contributed by atoms with Crippen LogP contribution in [0, 0.1) is 0 Å². The monoisotopic (exact) mass is 499 g/mol. The number of amides is 1. The fourth-order valence-electron chi connectivity index (χ4n) is 4.06. The van der Waals surface area contributed by atoms with Gasteiger partial charge in [-0.1, -0.05) is 67.4 Å². The van der Waals surface area contributed by atoms with E-state index in [4.69, 9.17) is 23.2 Å². The predicted octanol–water partition coefficient (Wildman–Crippen LogP) is 3.84. The summed E-state index contributed by atoms with van der Waals surface area (Å²) < 4.78 is 27.5. The largest absolute Gasteiger partial charge is 0.505 e. The number of sulfonamides is 1. The number of aromatic hydroxyl groups is 1. The standard InChI is InChI=1S/C20H21Cl2N3O4S.C2H6/c21-16-10-15(11-17(22)19(16)27)30(28,29)24-8-6-20(7-9-24)23-12-18(26)25(20)13-14-4-2-1-3-5-14;1-2/h1-5,10-11,23,27H,6-9,12-13H2;1-2H3. The number of carbonyl (C=O) groups is 1. The second-order valence-corrected chi connectivity index (χ2v) is 10.2. The molecule has 2 saturated heterocycles. The third-order valence-corrected chi connectivity index (χ3v) is 8.20. The van der Waals surface area contributed by atoms with E-state index in [1.165, 1.54) is 16.4 Å². The molecule has 2 aromatic rings. The number of benzene rings is 2.